The number of aryl methyl sites for hydroxylation is 2. The maximum atomic E-state index is 5.92. The number of hydrogen-bond donors (Lipinski definition) is 2. The Balaban J connectivity index is 2.19. The number of hydrogen-bond acceptors (Lipinski definition) is 4. The van der Waals surface area contributed by atoms with Gasteiger partial charge >= 0.3 is 0 Å². The summed E-state index contributed by atoms with van der Waals surface area (Å²) in [6, 6.07) is 2.04. The molecule has 17 heavy (non-hydrogen) atoms. The predicted molar refractivity (Wildman–Crippen MR) is 70.0 cm³/mol. The van der Waals surface area contributed by atoms with Crippen molar-refractivity contribution in [2.75, 3.05) is 11.9 Å². The van der Waals surface area contributed by atoms with Crippen molar-refractivity contribution in [1.82, 2.24) is 9.97 Å². The molecule has 94 valence electrons. The summed E-state index contributed by atoms with van der Waals surface area (Å²) in [6.07, 6.45) is 5.75. The molecule has 0 aliphatic heterocycles. The maximum absolute atomic E-state index is 5.92. The van der Waals surface area contributed by atoms with Crippen LogP contribution in [0.15, 0.2) is 6.07 Å². The summed E-state index contributed by atoms with van der Waals surface area (Å²) in [4.78, 5) is 8.85. The minimum atomic E-state index is 0.0613. The Labute approximate surface area is 103 Å². The smallest absolute Gasteiger partial charge is 0.130 e. The van der Waals surface area contributed by atoms with Crippen LogP contribution in [0.2, 0.25) is 0 Å². The van der Waals surface area contributed by atoms with Crippen molar-refractivity contribution in [2.45, 2.75) is 51.5 Å². The predicted octanol–water partition coefficient (Wildman–Crippen LogP) is 2.03. The molecule has 0 radical (unpaired) electrons. The van der Waals surface area contributed by atoms with Crippen LogP contribution in [0, 0.1) is 6.92 Å². The molecule has 1 aliphatic carbocycles. The Bertz CT molecular complexity index is 383. The van der Waals surface area contributed by atoms with Gasteiger partial charge in [-0.05, 0) is 26.2 Å². The summed E-state index contributed by atoms with van der Waals surface area (Å²) < 4.78 is 0. The molecule has 3 N–H and O–H groups in total. The van der Waals surface area contributed by atoms with Gasteiger partial charge < -0.3 is 11.1 Å². The average Bonchev–Trinajstić information content (AvgIpc) is 2.77. The molecular formula is C13H22N4. The Kier molecular flexibility index (Phi) is 3.62. The number of anilines is 1. The number of aromatic nitrogens is 2. The standard InChI is InChI=1S/C13H22N4/c1-3-11-8-12(16-10(2)15-11)17-13(9-14)6-4-5-7-13/h8H,3-7,9,14H2,1-2H3,(H,15,16,17). The number of nitrogens with two attached hydrogens (primary N) is 1. The first-order valence-corrected chi connectivity index (χ1v) is 6.50. The Morgan fingerprint density at radius 3 is 2.65 bits per heavy atom. The van der Waals surface area contributed by atoms with Crippen LogP contribution < -0.4 is 11.1 Å². The van der Waals surface area contributed by atoms with Crippen molar-refractivity contribution in [3.63, 3.8) is 0 Å². The van der Waals surface area contributed by atoms with Crippen LogP contribution >= 0.6 is 0 Å². The molecule has 1 aliphatic rings. The van der Waals surface area contributed by atoms with E-state index in [1.165, 1.54) is 12.8 Å². The van der Waals surface area contributed by atoms with Gasteiger partial charge in [-0.3, -0.25) is 0 Å². The van der Waals surface area contributed by atoms with Gasteiger partial charge in [-0.15, -0.1) is 0 Å². The van der Waals surface area contributed by atoms with Crippen LogP contribution in [-0.2, 0) is 6.42 Å². The lowest BCUT2D eigenvalue weighted by Crippen LogP contribution is -2.43. The maximum Gasteiger partial charge on any atom is 0.130 e. The summed E-state index contributed by atoms with van der Waals surface area (Å²) in [5, 5.41) is 3.54. The van der Waals surface area contributed by atoms with Gasteiger partial charge in [0.05, 0.1) is 5.54 Å². The normalized spacial score (nSPS) is 18.3. The molecule has 0 spiro atoms. The van der Waals surface area contributed by atoms with E-state index in [0.717, 1.165) is 36.6 Å². The second kappa shape index (κ2) is 5.00. The summed E-state index contributed by atoms with van der Waals surface area (Å²) in [5.41, 5.74) is 7.07. The fourth-order valence-electron chi connectivity index (χ4n) is 2.58. The van der Waals surface area contributed by atoms with Gasteiger partial charge in [0, 0.05) is 18.3 Å². The molecule has 0 atom stereocenters. The zero-order valence-electron chi connectivity index (χ0n) is 10.8. The van der Waals surface area contributed by atoms with E-state index in [4.69, 9.17) is 5.73 Å². The molecule has 4 heteroatoms. The first-order valence-electron chi connectivity index (χ1n) is 6.50. The van der Waals surface area contributed by atoms with Gasteiger partial charge in [0.25, 0.3) is 0 Å². The van der Waals surface area contributed by atoms with Gasteiger partial charge in [-0.2, -0.15) is 0 Å². The molecule has 0 amide bonds. The molecule has 2 rings (SSSR count). The second-order valence-electron chi connectivity index (χ2n) is 4.96. The minimum Gasteiger partial charge on any atom is -0.363 e. The highest BCUT2D eigenvalue weighted by Gasteiger charge is 2.32. The number of nitrogens with one attached hydrogen (secondary N) is 1. The van der Waals surface area contributed by atoms with E-state index in [-0.39, 0.29) is 5.54 Å². The average molecular weight is 234 g/mol. The summed E-state index contributed by atoms with van der Waals surface area (Å²) in [6.45, 7) is 4.73. The van der Waals surface area contributed by atoms with Crippen molar-refractivity contribution in [3.8, 4) is 0 Å². The summed E-state index contributed by atoms with van der Waals surface area (Å²) >= 11 is 0. The van der Waals surface area contributed by atoms with Gasteiger partial charge in [-0.1, -0.05) is 19.8 Å². The van der Waals surface area contributed by atoms with Crippen LogP contribution in [0.5, 0.6) is 0 Å². The molecule has 1 aromatic rings. The van der Waals surface area contributed by atoms with Gasteiger partial charge in [0.2, 0.25) is 0 Å². The van der Waals surface area contributed by atoms with E-state index in [2.05, 4.69) is 22.2 Å². The van der Waals surface area contributed by atoms with E-state index in [9.17, 15) is 0 Å². The molecule has 0 aromatic carbocycles. The van der Waals surface area contributed by atoms with Gasteiger partial charge in [0.1, 0.15) is 11.6 Å². The van der Waals surface area contributed by atoms with Crippen molar-refractivity contribution in [1.29, 1.82) is 0 Å². The molecule has 4 nitrogen and oxygen atoms in total. The Morgan fingerprint density at radius 2 is 2.06 bits per heavy atom. The summed E-state index contributed by atoms with van der Waals surface area (Å²) in [7, 11) is 0. The third-order valence-corrected chi connectivity index (χ3v) is 3.60. The van der Waals surface area contributed by atoms with Crippen molar-refractivity contribution in [3.05, 3.63) is 17.6 Å². The molecule has 1 heterocycles. The quantitative estimate of drug-likeness (QED) is 0.836. The van der Waals surface area contributed by atoms with Crippen LogP contribution in [0.4, 0.5) is 5.82 Å². The van der Waals surface area contributed by atoms with Crippen molar-refractivity contribution < 1.29 is 0 Å². The zero-order chi connectivity index (χ0) is 12.3. The van der Waals surface area contributed by atoms with Crippen molar-refractivity contribution in [2.24, 2.45) is 5.73 Å². The highest BCUT2D eigenvalue weighted by molar-refractivity contribution is 5.40. The van der Waals surface area contributed by atoms with Gasteiger partial charge in [0.15, 0.2) is 0 Å². The monoisotopic (exact) mass is 234 g/mol. The third-order valence-electron chi connectivity index (χ3n) is 3.60. The van der Waals surface area contributed by atoms with E-state index >= 15 is 0 Å². The molecule has 0 saturated heterocycles. The molecule has 1 aromatic heterocycles. The minimum absolute atomic E-state index is 0.0613. The van der Waals surface area contributed by atoms with Crippen LogP contribution in [-0.4, -0.2) is 22.1 Å². The SMILES string of the molecule is CCc1cc(NC2(CN)CCCC2)nc(C)n1. The van der Waals surface area contributed by atoms with E-state index in [1.807, 2.05) is 13.0 Å². The van der Waals surface area contributed by atoms with Crippen LogP contribution in [0.1, 0.15) is 44.1 Å². The first kappa shape index (κ1) is 12.3. The molecule has 0 unspecified atom stereocenters. The highest BCUT2D eigenvalue weighted by Crippen LogP contribution is 2.31. The second-order valence-corrected chi connectivity index (χ2v) is 4.96. The molecule has 0 bridgehead atoms. The first-order chi connectivity index (χ1) is 8.17. The van der Waals surface area contributed by atoms with E-state index < -0.39 is 0 Å². The molecule has 1 saturated carbocycles. The Morgan fingerprint density at radius 1 is 1.35 bits per heavy atom. The van der Waals surface area contributed by atoms with Gasteiger partial charge in [-0.25, -0.2) is 9.97 Å². The van der Waals surface area contributed by atoms with Crippen molar-refractivity contribution >= 4 is 5.82 Å². The molecule has 1 fully saturated rings. The topological polar surface area (TPSA) is 63.8 Å². The lowest BCUT2D eigenvalue weighted by Gasteiger charge is -2.29. The zero-order valence-corrected chi connectivity index (χ0v) is 10.8. The lowest BCUT2D eigenvalue weighted by atomic mass is 9.98. The third kappa shape index (κ3) is 2.75. The van der Waals surface area contributed by atoms with Crippen LogP contribution in [0.25, 0.3) is 0 Å². The fourth-order valence-corrected chi connectivity index (χ4v) is 2.58. The molecular weight excluding hydrogens is 212 g/mol. The van der Waals surface area contributed by atoms with E-state index in [0.29, 0.717) is 6.54 Å². The number of rotatable bonds is 4. The number of nitrogens with zero attached hydrogens (tertiary/aromatic N) is 2. The highest BCUT2D eigenvalue weighted by atomic mass is 15.1. The van der Waals surface area contributed by atoms with Crippen LogP contribution in [0.3, 0.4) is 0 Å². The van der Waals surface area contributed by atoms with E-state index in [1.54, 1.807) is 0 Å². The lowest BCUT2D eigenvalue weighted by molar-refractivity contribution is 0.491. The largest absolute Gasteiger partial charge is 0.363 e. The fraction of sp³-hybridized carbons (Fsp3) is 0.692. The summed E-state index contributed by atoms with van der Waals surface area (Å²) in [5.74, 6) is 1.76. The Hall–Kier alpha value is -1.16.